The number of nitrogens with one attached hydrogen (secondary N) is 1. The van der Waals surface area contributed by atoms with Crippen molar-refractivity contribution in [1.29, 1.82) is 0 Å². The molecule has 1 fully saturated rings. The first-order chi connectivity index (χ1) is 11.9. The fourth-order valence-corrected chi connectivity index (χ4v) is 5.08. The molecule has 0 aliphatic heterocycles. The predicted molar refractivity (Wildman–Crippen MR) is 94.6 cm³/mol. The van der Waals surface area contributed by atoms with Gasteiger partial charge in [0.25, 0.3) is 0 Å². The molecule has 0 bridgehead atoms. The lowest BCUT2D eigenvalue weighted by atomic mass is 10.1. The average molecular weight is 361 g/mol. The minimum Gasteiger partial charge on any atom is -0.326 e. The van der Waals surface area contributed by atoms with Gasteiger partial charge in [-0.15, -0.1) is 0 Å². The van der Waals surface area contributed by atoms with Crippen LogP contribution < -0.4 is 5.32 Å². The van der Waals surface area contributed by atoms with Crippen molar-refractivity contribution in [2.75, 3.05) is 5.32 Å². The van der Waals surface area contributed by atoms with Gasteiger partial charge in [0.15, 0.2) is 9.84 Å². The summed E-state index contributed by atoms with van der Waals surface area (Å²) in [4.78, 5) is 12.4. The van der Waals surface area contributed by atoms with Gasteiger partial charge in [-0.05, 0) is 48.7 Å². The zero-order valence-electron chi connectivity index (χ0n) is 13.7. The van der Waals surface area contributed by atoms with Crippen molar-refractivity contribution in [2.45, 2.75) is 42.2 Å². The van der Waals surface area contributed by atoms with Gasteiger partial charge in [0.2, 0.25) is 5.91 Å². The van der Waals surface area contributed by atoms with Gasteiger partial charge in [0, 0.05) is 5.69 Å². The molecule has 4 nitrogen and oxygen atoms in total. The Morgan fingerprint density at radius 2 is 1.80 bits per heavy atom. The number of sulfone groups is 1. The van der Waals surface area contributed by atoms with E-state index in [0.717, 1.165) is 12.8 Å². The quantitative estimate of drug-likeness (QED) is 0.883. The molecule has 1 saturated carbocycles. The Hall–Kier alpha value is -2.21. The first kappa shape index (κ1) is 17.6. The predicted octanol–water partition coefficient (Wildman–Crippen LogP) is 3.72. The van der Waals surface area contributed by atoms with Gasteiger partial charge in [-0.1, -0.05) is 31.0 Å². The molecule has 1 aliphatic rings. The molecular formula is C19H20FNO3S. The number of rotatable bonds is 5. The summed E-state index contributed by atoms with van der Waals surface area (Å²) < 4.78 is 38.5. The van der Waals surface area contributed by atoms with Crippen LogP contribution in [0.15, 0.2) is 53.4 Å². The highest BCUT2D eigenvalue weighted by molar-refractivity contribution is 7.92. The van der Waals surface area contributed by atoms with Crippen LogP contribution in [-0.2, 0) is 21.1 Å². The SMILES string of the molecule is O=C(Cc1cccc(F)c1)Nc1cccc(S(=O)(=O)C2CCCC2)c1. The van der Waals surface area contributed by atoms with Crippen molar-refractivity contribution < 1.29 is 17.6 Å². The van der Waals surface area contributed by atoms with Crippen molar-refractivity contribution >= 4 is 21.4 Å². The zero-order valence-corrected chi connectivity index (χ0v) is 14.6. The number of carbonyl (C=O) groups excluding carboxylic acids is 1. The third-order valence-electron chi connectivity index (χ3n) is 4.44. The highest BCUT2D eigenvalue weighted by Crippen LogP contribution is 2.30. The summed E-state index contributed by atoms with van der Waals surface area (Å²) in [5, 5.41) is 2.36. The summed E-state index contributed by atoms with van der Waals surface area (Å²) in [5.74, 6) is -0.712. The second kappa shape index (κ2) is 7.35. The average Bonchev–Trinajstić information content (AvgIpc) is 3.10. The molecule has 1 aliphatic carbocycles. The lowest BCUT2D eigenvalue weighted by Gasteiger charge is -2.12. The molecule has 0 radical (unpaired) electrons. The van der Waals surface area contributed by atoms with E-state index in [-0.39, 0.29) is 22.5 Å². The number of halogens is 1. The van der Waals surface area contributed by atoms with Crippen LogP contribution in [0.3, 0.4) is 0 Å². The summed E-state index contributed by atoms with van der Waals surface area (Å²) in [7, 11) is -3.36. The lowest BCUT2D eigenvalue weighted by Crippen LogP contribution is -2.19. The van der Waals surface area contributed by atoms with Crippen molar-refractivity contribution in [3.05, 3.63) is 59.9 Å². The summed E-state index contributed by atoms with van der Waals surface area (Å²) in [6, 6.07) is 12.2. The summed E-state index contributed by atoms with van der Waals surface area (Å²) >= 11 is 0. The van der Waals surface area contributed by atoms with Gasteiger partial charge in [0.1, 0.15) is 5.82 Å². The largest absolute Gasteiger partial charge is 0.326 e. The summed E-state index contributed by atoms with van der Waals surface area (Å²) in [6.45, 7) is 0. The molecule has 0 heterocycles. The Bertz CT molecular complexity index is 874. The summed E-state index contributed by atoms with van der Waals surface area (Å²) in [6.07, 6.45) is 3.29. The van der Waals surface area contributed by atoms with Gasteiger partial charge in [-0.25, -0.2) is 12.8 Å². The van der Waals surface area contributed by atoms with Crippen molar-refractivity contribution in [1.82, 2.24) is 0 Å². The van der Waals surface area contributed by atoms with E-state index in [1.807, 2.05) is 0 Å². The van der Waals surface area contributed by atoms with E-state index >= 15 is 0 Å². The van der Waals surface area contributed by atoms with Crippen LogP contribution in [0, 0.1) is 5.82 Å². The molecule has 3 rings (SSSR count). The molecular weight excluding hydrogens is 341 g/mol. The molecule has 6 heteroatoms. The molecule has 0 atom stereocenters. The normalized spacial score (nSPS) is 15.2. The van der Waals surface area contributed by atoms with Crippen LogP contribution >= 0.6 is 0 Å². The van der Waals surface area contributed by atoms with E-state index < -0.39 is 15.7 Å². The molecule has 2 aromatic rings. The Morgan fingerprint density at radius 1 is 1.08 bits per heavy atom. The maximum atomic E-state index is 13.2. The standard InChI is InChI=1S/C19H20FNO3S/c20-15-6-3-5-14(11-15)12-19(22)21-16-7-4-10-18(13-16)25(23,24)17-8-1-2-9-17/h3-7,10-11,13,17H,1-2,8-9,12H2,(H,21,22). The number of carbonyl (C=O) groups is 1. The molecule has 0 aromatic heterocycles. The monoisotopic (exact) mass is 361 g/mol. The third kappa shape index (κ3) is 4.25. The van der Waals surface area contributed by atoms with Crippen molar-refractivity contribution in [3.63, 3.8) is 0 Å². The van der Waals surface area contributed by atoms with Crippen molar-refractivity contribution in [2.24, 2.45) is 0 Å². The van der Waals surface area contributed by atoms with Crippen LogP contribution in [0.1, 0.15) is 31.2 Å². The fourth-order valence-electron chi connectivity index (χ4n) is 3.18. The van der Waals surface area contributed by atoms with Gasteiger partial charge in [-0.2, -0.15) is 0 Å². The van der Waals surface area contributed by atoms with Crippen LogP contribution in [0.2, 0.25) is 0 Å². The first-order valence-corrected chi connectivity index (χ1v) is 9.88. The number of hydrogen-bond acceptors (Lipinski definition) is 3. The number of anilines is 1. The molecule has 1 N–H and O–H groups in total. The van der Waals surface area contributed by atoms with E-state index in [4.69, 9.17) is 0 Å². The van der Waals surface area contributed by atoms with Crippen LogP contribution in [0.4, 0.5) is 10.1 Å². The molecule has 0 spiro atoms. The first-order valence-electron chi connectivity index (χ1n) is 8.33. The fraction of sp³-hybridized carbons (Fsp3) is 0.316. The topological polar surface area (TPSA) is 63.2 Å². The minimum absolute atomic E-state index is 0.0252. The van der Waals surface area contributed by atoms with Gasteiger partial charge in [0.05, 0.1) is 16.6 Å². The maximum absolute atomic E-state index is 13.2. The van der Waals surface area contributed by atoms with Crippen molar-refractivity contribution in [3.8, 4) is 0 Å². The third-order valence-corrected chi connectivity index (χ3v) is 6.70. The Kier molecular flexibility index (Phi) is 5.18. The van der Waals surface area contributed by atoms with E-state index in [0.29, 0.717) is 24.1 Å². The highest BCUT2D eigenvalue weighted by atomic mass is 32.2. The summed E-state index contributed by atoms with van der Waals surface area (Å²) in [5.41, 5.74) is 0.993. The van der Waals surface area contributed by atoms with Gasteiger partial charge in [-0.3, -0.25) is 4.79 Å². The van der Waals surface area contributed by atoms with Crippen LogP contribution in [0.5, 0.6) is 0 Å². The van der Waals surface area contributed by atoms with E-state index in [1.165, 1.54) is 18.2 Å². The molecule has 0 saturated heterocycles. The highest BCUT2D eigenvalue weighted by Gasteiger charge is 2.30. The number of benzene rings is 2. The smallest absolute Gasteiger partial charge is 0.228 e. The van der Waals surface area contributed by atoms with Crippen LogP contribution in [-0.4, -0.2) is 19.6 Å². The van der Waals surface area contributed by atoms with E-state index in [9.17, 15) is 17.6 Å². The Labute approximate surface area is 147 Å². The second-order valence-corrected chi connectivity index (χ2v) is 8.56. The minimum atomic E-state index is -3.36. The Morgan fingerprint density at radius 3 is 2.52 bits per heavy atom. The van der Waals surface area contributed by atoms with Crippen LogP contribution in [0.25, 0.3) is 0 Å². The lowest BCUT2D eigenvalue weighted by molar-refractivity contribution is -0.115. The molecule has 132 valence electrons. The molecule has 2 aromatic carbocycles. The second-order valence-electron chi connectivity index (χ2n) is 6.33. The Balaban J connectivity index is 1.72. The van der Waals surface area contributed by atoms with Gasteiger partial charge < -0.3 is 5.32 Å². The maximum Gasteiger partial charge on any atom is 0.228 e. The van der Waals surface area contributed by atoms with Gasteiger partial charge >= 0.3 is 0 Å². The zero-order chi connectivity index (χ0) is 17.9. The van der Waals surface area contributed by atoms with E-state index in [1.54, 1.807) is 30.3 Å². The molecule has 0 unspecified atom stereocenters. The molecule has 25 heavy (non-hydrogen) atoms. The molecule has 1 amide bonds. The van der Waals surface area contributed by atoms with E-state index in [2.05, 4.69) is 5.32 Å². The number of hydrogen-bond donors (Lipinski definition) is 1. The number of amides is 1.